The third kappa shape index (κ3) is 4.25. The van der Waals surface area contributed by atoms with E-state index in [0.717, 1.165) is 27.4 Å². The molecule has 2 aromatic rings. The lowest BCUT2D eigenvalue weighted by Crippen LogP contribution is -2.17. The van der Waals surface area contributed by atoms with Crippen molar-refractivity contribution < 1.29 is 5.11 Å². The van der Waals surface area contributed by atoms with Crippen LogP contribution in [0, 0.1) is 0 Å². The van der Waals surface area contributed by atoms with E-state index in [-0.39, 0.29) is 23.2 Å². The van der Waals surface area contributed by atoms with Crippen molar-refractivity contribution in [2.24, 2.45) is 5.73 Å². The zero-order valence-electron chi connectivity index (χ0n) is 14.7. The minimum absolute atomic E-state index is 0. The third-order valence-corrected chi connectivity index (χ3v) is 4.62. The van der Waals surface area contributed by atoms with Gasteiger partial charge in [-0.3, -0.25) is 0 Å². The summed E-state index contributed by atoms with van der Waals surface area (Å²) in [6.07, 6.45) is 0. The highest BCUT2D eigenvalue weighted by Gasteiger charge is 2.27. The highest BCUT2D eigenvalue weighted by molar-refractivity contribution is 7.09. The van der Waals surface area contributed by atoms with Crippen LogP contribution < -0.4 is 5.73 Å². The molecule has 0 unspecified atom stereocenters. The Balaban J connectivity index is 0.00000264. The zero-order valence-corrected chi connectivity index (χ0v) is 16.4. The van der Waals surface area contributed by atoms with Crippen molar-refractivity contribution in [1.29, 1.82) is 0 Å². The van der Waals surface area contributed by atoms with Gasteiger partial charge in [0.15, 0.2) is 0 Å². The molecule has 0 aliphatic rings. The molecule has 0 saturated carbocycles. The summed E-state index contributed by atoms with van der Waals surface area (Å²) in [7, 11) is 0. The molecular weight excluding hydrogens is 328 g/mol. The fourth-order valence-corrected chi connectivity index (χ4v) is 3.15. The number of benzene rings is 1. The van der Waals surface area contributed by atoms with Crippen LogP contribution in [-0.2, 0) is 17.4 Å². The summed E-state index contributed by atoms with van der Waals surface area (Å²) in [6.45, 7) is 13.2. The first-order valence-electron chi connectivity index (χ1n) is 7.57. The van der Waals surface area contributed by atoms with Crippen LogP contribution in [0.1, 0.15) is 57.7 Å². The molecule has 5 heteroatoms. The second kappa shape index (κ2) is 6.80. The van der Waals surface area contributed by atoms with Crippen molar-refractivity contribution in [3.63, 3.8) is 0 Å². The Morgan fingerprint density at radius 2 is 1.52 bits per heavy atom. The molecule has 3 nitrogen and oxygen atoms in total. The first-order chi connectivity index (χ1) is 10.0. The first kappa shape index (κ1) is 19.9. The summed E-state index contributed by atoms with van der Waals surface area (Å²) in [5.74, 6) is 0.401. The Hall–Kier alpha value is -1.10. The normalized spacial score (nSPS) is 12.1. The largest absolute Gasteiger partial charge is 0.507 e. The van der Waals surface area contributed by atoms with Crippen molar-refractivity contribution in [2.45, 2.75) is 58.9 Å². The fourth-order valence-electron chi connectivity index (χ4n) is 2.46. The van der Waals surface area contributed by atoms with Crippen molar-refractivity contribution in [2.75, 3.05) is 0 Å². The maximum atomic E-state index is 10.7. The van der Waals surface area contributed by atoms with E-state index >= 15 is 0 Å². The number of aromatic nitrogens is 1. The van der Waals surface area contributed by atoms with E-state index in [1.807, 2.05) is 5.38 Å². The predicted molar refractivity (Wildman–Crippen MR) is 102 cm³/mol. The Morgan fingerprint density at radius 1 is 1.04 bits per heavy atom. The highest BCUT2D eigenvalue weighted by atomic mass is 35.5. The molecule has 0 aliphatic carbocycles. The number of thiazole rings is 1. The molecule has 1 heterocycles. The van der Waals surface area contributed by atoms with Crippen molar-refractivity contribution >= 4 is 23.7 Å². The standard InChI is InChI=1S/C18H26N2OS.ClH/c1-17(2,3)12-7-11(14-10-22-15(9-19)20-14)8-13(16(12)21)18(4,5)6;/h7-8,10,21H,9,19H2,1-6H3;1H. The van der Waals surface area contributed by atoms with Gasteiger partial charge in [0.1, 0.15) is 10.8 Å². The van der Waals surface area contributed by atoms with Crippen LogP contribution in [-0.4, -0.2) is 10.1 Å². The van der Waals surface area contributed by atoms with Crippen LogP contribution in [0.2, 0.25) is 0 Å². The molecular formula is C18H27ClN2OS. The molecule has 0 atom stereocenters. The van der Waals surface area contributed by atoms with E-state index in [4.69, 9.17) is 5.73 Å². The number of nitrogens with two attached hydrogens (primary N) is 1. The molecule has 1 aromatic heterocycles. The third-order valence-electron chi connectivity index (χ3n) is 3.75. The van der Waals surface area contributed by atoms with E-state index in [1.165, 1.54) is 0 Å². The molecule has 23 heavy (non-hydrogen) atoms. The van der Waals surface area contributed by atoms with Gasteiger partial charge in [0.2, 0.25) is 0 Å². The molecule has 0 amide bonds. The Bertz CT molecular complexity index is 646. The molecule has 3 N–H and O–H groups in total. The number of hydrogen-bond donors (Lipinski definition) is 2. The van der Waals surface area contributed by atoms with Gasteiger partial charge in [0.25, 0.3) is 0 Å². The van der Waals surface area contributed by atoms with Crippen LogP contribution >= 0.6 is 23.7 Å². The smallest absolute Gasteiger partial charge is 0.123 e. The van der Waals surface area contributed by atoms with Gasteiger partial charge >= 0.3 is 0 Å². The van der Waals surface area contributed by atoms with E-state index in [2.05, 4.69) is 58.7 Å². The first-order valence-corrected chi connectivity index (χ1v) is 8.45. The van der Waals surface area contributed by atoms with Gasteiger partial charge in [0.05, 0.1) is 5.69 Å². The quantitative estimate of drug-likeness (QED) is 0.798. The summed E-state index contributed by atoms with van der Waals surface area (Å²) in [5.41, 5.74) is 9.30. The summed E-state index contributed by atoms with van der Waals surface area (Å²) in [5, 5.41) is 13.7. The zero-order chi connectivity index (χ0) is 16.7. The van der Waals surface area contributed by atoms with Gasteiger partial charge in [0, 0.05) is 28.6 Å². The van der Waals surface area contributed by atoms with Gasteiger partial charge in [-0.2, -0.15) is 0 Å². The molecule has 0 radical (unpaired) electrons. The van der Waals surface area contributed by atoms with Gasteiger partial charge in [-0.1, -0.05) is 41.5 Å². The molecule has 0 fully saturated rings. The van der Waals surface area contributed by atoms with Crippen LogP contribution in [0.3, 0.4) is 0 Å². The summed E-state index contributed by atoms with van der Waals surface area (Å²) >= 11 is 1.58. The highest BCUT2D eigenvalue weighted by Crippen LogP contribution is 2.41. The maximum Gasteiger partial charge on any atom is 0.123 e. The van der Waals surface area contributed by atoms with Crippen LogP contribution in [0.4, 0.5) is 0 Å². The van der Waals surface area contributed by atoms with Crippen LogP contribution in [0.25, 0.3) is 11.3 Å². The molecule has 0 aliphatic heterocycles. The molecule has 0 saturated heterocycles. The van der Waals surface area contributed by atoms with Gasteiger partial charge in [-0.25, -0.2) is 4.98 Å². The SMILES string of the molecule is CC(C)(C)c1cc(-c2csc(CN)n2)cc(C(C)(C)C)c1O.Cl. The summed E-state index contributed by atoms with van der Waals surface area (Å²) < 4.78 is 0. The second-order valence-corrected chi connectivity index (χ2v) is 8.69. The number of phenols is 1. The Kier molecular flexibility index (Phi) is 5.89. The number of phenolic OH excluding ortho intramolecular Hbond substituents is 1. The number of nitrogens with zero attached hydrogens (tertiary/aromatic N) is 1. The van der Waals surface area contributed by atoms with Crippen molar-refractivity contribution in [3.05, 3.63) is 33.6 Å². The molecule has 1 aromatic carbocycles. The minimum atomic E-state index is -0.132. The molecule has 0 spiro atoms. The van der Waals surface area contributed by atoms with Gasteiger partial charge in [-0.05, 0) is 23.0 Å². The van der Waals surface area contributed by atoms with E-state index < -0.39 is 0 Å². The Labute approximate surface area is 149 Å². The average molecular weight is 355 g/mol. The topological polar surface area (TPSA) is 59.1 Å². The van der Waals surface area contributed by atoms with Gasteiger partial charge in [-0.15, -0.1) is 23.7 Å². The van der Waals surface area contributed by atoms with Crippen molar-refractivity contribution in [3.8, 4) is 17.0 Å². The van der Waals surface area contributed by atoms with Crippen LogP contribution in [0.15, 0.2) is 17.5 Å². The molecule has 0 bridgehead atoms. The van der Waals surface area contributed by atoms with E-state index in [0.29, 0.717) is 12.3 Å². The summed E-state index contributed by atoms with van der Waals surface area (Å²) in [4.78, 5) is 4.59. The monoisotopic (exact) mass is 354 g/mol. The average Bonchev–Trinajstić information content (AvgIpc) is 2.85. The van der Waals surface area contributed by atoms with E-state index in [9.17, 15) is 5.11 Å². The second-order valence-electron chi connectivity index (χ2n) is 7.75. The van der Waals surface area contributed by atoms with Crippen LogP contribution in [0.5, 0.6) is 5.75 Å². The van der Waals surface area contributed by atoms with Crippen molar-refractivity contribution in [1.82, 2.24) is 4.98 Å². The fraction of sp³-hybridized carbons (Fsp3) is 0.500. The Morgan fingerprint density at radius 3 is 1.87 bits per heavy atom. The molecule has 128 valence electrons. The minimum Gasteiger partial charge on any atom is -0.507 e. The lowest BCUT2D eigenvalue weighted by atomic mass is 9.78. The van der Waals surface area contributed by atoms with E-state index in [1.54, 1.807) is 11.3 Å². The lowest BCUT2D eigenvalue weighted by molar-refractivity contribution is 0.423. The summed E-state index contributed by atoms with van der Waals surface area (Å²) in [6, 6.07) is 4.11. The lowest BCUT2D eigenvalue weighted by Gasteiger charge is -2.28. The van der Waals surface area contributed by atoms with Gasteiger partial charge < -0.3 is 10.8 Å². The molecule has 2 rings (SSSR count). The number of rotatable bonds is 2. The number of hydrogen-bond acceptors (Lipinski definition) is 4. The number of halogens is 1. The maximum absolute atomic E-state index is 10.7. The number of aromatic hydroxyl groups is 1. The predicted octanol–water partition coefficient (Wildman–Crippen LogP) is 4.99.